The molecule has 13 heavy (non-hydrogen) atoms. The van der Waals surface area contributed by atoms with Gasteiger partial charge in [-0.2, -0.15) is 4.37 Å². The van der Waals surface area contributed by atoms with Crippen molar-refractivity contribution in [2.75, 3.05) is 0 Å². The van der Waals surface area contributed by atoms with Gasteiger partial charge in [-0.1, -0.05) is 13.8 Å². The van der Waals surface area contributed by atoms with Crippen LogP contribution in [0.25, 0.3) is 0 Å². The summed E-state index contributed by atoms with van der Waals surface area (Å²) in [6.07, 6.45) is 2.88. The zero-order chi connectivity index (χ0) is 9.68. The maximum atomic E-state index is 11.2. The van der Waals surface area contributed by atoms with Crippen LogP contribution >= 0.6 is 11.5 Å². The third-order valence-corrected chi connectivity index (χ3v) is 2.45. The third kappa shape index (κ3) is 3.22. The van der Waals surface area contributed by atoms with Crippen LogP contribution in [0.15, 0.2) is 0 Å². The maximum Gasteiger partial charge on any atom is 0.142 e. The first kappa shape index (κ1) is 10.3. The van der Waals surface area contributed by atoms with E-state index in [-0.39, 0.29) is 5.78 Å². The predicted octanol–water partition coefficient (Wildman–Crippen LogP) is 2.01. The van der Waals surface area contributed by atoms with Gasteiger partial charge >= 0.3 is 0 Å². The fourth-order valence-corrected chi connectivity index (χ4v) is 1.79. The van der Waals surface area contributed by atoms with Crippen molar-refractivity contribution >= 4 is 17.3 Å². The van der Waals surface area contributed by atoms with Gasteiger partial charge in [0, 0.05) is 12.8 Å². The van der Waals surface area contributed by atoms with Crippen molar-refractivity contribution in [1.82, 2.24) is 9.36 Å². The number of Topliss-reactive ketones (excluding diaryl/α,β-unsaturated/α-hetero) is 1. The number of nitrogens with zero attached hydrogens (tertiary/aromatic N) is 2. The molecule has 0 bridgehead atoms. The number of ketones is 1. The van der Waals surface area contributed by atoms with Crippen LogP contribution in [-0.2, 0) is 17.6 Å². The lowest BCUT2D eigenvalue weighted by Gasteiger charge is -1.92. The molecule has 3 nitrogen and oxygen atoms in total. The van der Waals surface area contributed by atoms with E-state index in [0.717, 1.165) is 23.7 Å². The monoisotopic (exact) mass is 198 g/mol. The average molecular weight is 198 g/mol. The Kier molecular flexibility index (Phi) is 4.02. The van der Waals surface area contributed by atoms with E-state index in [1.165, 1.54) is 11.5 Å². The fraction of sp³-hybridized carbons (Fsp3) is 0.667. The molecular weight excluding hydrogens is 184 g/mol. The smallest absolute Gasteiger partial charge is 0.142 e. The minimum atomic E-state index is 0.265. The quantitative estimate of drug-likeness (QED) is 0.727. The minimum absolute atomic E-state index is 0.265. The van der Waals surface area contributed by atoms with Crippen LogP contribution in [0.3, 0.4) is 0 Å². The lowest BCUT2D eigenvalue weighted by molar-refractivity contribution is -0.118. The Morgan fingerprint density at radius 1 is 1.46 bits per heavy atom. The van der Waals surface area contributed by atoms with Crippen LogP contribution in [0.4, 0.5) is 0 Å². The number of carbonyl (C=O) groups is 1. The molecule has 1 heterocycles. The predicted molar refractivity (Wildman–Crippen MR) is 52.9 cm³/mol. The van der Waals surface area contributed by atoms with E-state index < -0.39 is 0 Å². The van der Waals surface area contributed by atoms with Gasteiger partial charge in [0.25, 0.3) is 0 Å². The molecule has 0 radical (unpaired) electrons. The molecule has 0 saturated heterocycles. The number of hydrogen-bond donors (Lipinski definition) is 0. The molecular formula is C9H14N2OS. The summed E-state index contributed by atoms with van der Waals surface area (Å²) in [5, 5.41) is 0.857. The molecule has 0 aliphatic rings. The van der Waals surface area contributed by atoms with E-state index in [1.807, 2.05) is 13.8 Å². The molecule has 1 aromatic heterocycles. The standard InChI is InChI=1S/C9H14N2OS/c1-3-5-7(12)6-9-10-8(4-2)11-13-9/h3-6H2,1-2H3. The molecule has 0 aromatic carbocycles. The van der Waals surface area contributed by atoms with Gasteiger partial charge in [-0.15, -0.1) is 0 Å². The fourth-order valence-electron chi connectivity index (χ4n) is 1.04. The first-order valence-electron chi connectivity index (χ1n) is 4.59. The summed E-state index contributed by atoms with van der Waals surface area (Å²) >= 11 is 1.35. The molecule has 0 amide bonds. The Labute approximate surface area is 82.4 Å². The number of rotatable bonds is 5. The van der Waals surface area contributed by atoms with Crippen molar-refractivity contribution < 1.29 is 4.79 Å². The molecule has 0 fully saturated rings. The number of aromatic nitrogens is 2. The summed E-state index contributed by atoms with van der Waals surface area (Å²) < 4.78 is 4.13. The Morgan fingerprint density at radius 3 is 2.77 bits per heavy atom. The van der Waals surface area contributed by atoms with E-state index in [2.05, 4.69) is 9.36 Å². The molecule has 1 rings (SSSR count). The van der Waals surface area contributed by atoms with Crippen LogP contribution < -0.4 is 0 Å². The zero-order valence-electron chi connectivity index (χ0n) is 8.04. The summed E-state index contributed by atoms with van der Waals surface area (Å²) in [7, 11) is 0. The third-order valence-electron chi connectivity index (χ3n) is 1.70. The normalized spacial score (nSPS) is 10.3. The van der Waals surface area contributed by atoms with Crippen LogP contribution in [0.2, 0.25) is 0 Å². The lowest BCUT2D eigenvalue weighted by Crippen LogP contribution is -2.01. The summed E-state index contributed by atoms with van der Waals surface area (Å²) in [5.74, 6) is 1.12. The van der Waals surface area contributed by atoms with Gasteiger partial charge < -0.3 is 0 Å². The van der Waals surface area contributed by atoms with E-state index in [4.69, 9.17) is 0 Å². The van der Waals surface area contributed by atoms with Gasteiger partial charge in [-0.25, -0.2) is 4.98 Å². The molecule has 0 spiro atoms. The largest absolute Gasteiger partial charge is 0.299 e. The molecule has 0 unspecified atom stereocenters. The summed E-state index contributed by atoms with van der Waals surface area (Å²) in [4.78, 5) is 15.5. The average Bonchev–Trinajstić information content (AvgIpc) is 2.52. The van der Waals surface area contributed by atoms with E-state index >= 15 is 0 Å². The molecule has 0 saturated carbocycles. The maximum absolute atomic E-state index is 11.2. The van der Waals surface area contributed by atoms with E-state index in [9.17, 15) is 4.79 Å². The highest BCUT2D eigenvalue weighted by Gasteiger charge is 2.07. The highest BCUT2D eigenvalue weighted by molar-refractivity contribution is 7.05. The first-order valence-corrected chi connectivity index (χ1v) is 5.36. The molecule has 72 valence electrons. The van der Waals surface area contributed by atoms with Crippen LogP contribution in [0.5, 0.6) is 0 Å². The molecule has 0 aliphatic heterocycles. The van der Waals surface area contributed by atoms with Gasteiger partial charge in [-0.05, 0) is 18.0 Å². The second-order valence-electron chi connectivity index (χ2n) is 2.92. The van der Waals surface area contributed by atoms with Crippen LogP contribution in [-0.4, -0.2) is 15.1 Å². The Hall–Kier alpha value is -0.770. The highest BCUT2D eigenvalue weighted by atomic mass is 32.1. The second-order valence-corrected chi connectivity index (χ2v) is 3.76. The Bertz CT molecular complexity index is 283. The SMILES string of the molecule is CCCC(=O)Cc1nc(CC)ns1. The highest BCUT2D eigenvalue weighted by Crippen LogP contribution is 2.07. The number of aryl methyl sites for hydroxylation is 1. The topological polar surface area (TPSA) is 42.9 Å². The van der Waals surface area contributed by atoms with Crippen molar-refractivity contribution in [2.24, 2.45) is 0 Å². The van der Waals surface area contributed by atoms with Crippen molar-refractivity contribution in [3.05, 3.63) is 10.8 Å². The number of hydrogen-bond acceptors (Lipinski definition) is 4. The van der Waals surface area contributed by atoms with Crippen molar-refractivity contribution in [3.63, 3.8) is 0 Å². The Balaban J connectivity index is 2.49. The molecule has 1 aromatic rings. The van der Waals surface area contributed by atoms with Crippen molar-refractivity contribution in [3.8, 4) is 0 Å². The summed E-state index contributed by atoms with van der Waals surface area (Å²) in [6, 6.07) is 0. The number of carbonyl (C=O) groups excluding carboxylic acids is 1. The van der Waals surface area contributed by atoms with Gasteiger partial charge in [0.1, 0.15) is 16.6 Å². The lowest BCUT2D eigenvalue weighted by atomic mass is 10.2. The van der Waals surface area contributed by atoms with Gasteiger partial charge in [0.05, 0.1) is 6.42 Å². The second kappa shape index (κ2) is 5.07. The molecule has 4 heteroatoms. The summed E-state index contributed by atoms with van der Waals surface area (Å²) in [6.45, 7) is 4.02. The van der Waals surface area contributed by atoms with Crippen molar-refractivity contribution in [2.45, 2.75) is 39.5 Å². The zero-order valence-corrected chi connectivity index (χ0v) is 8.86. The van der Waals surface area contributed by atoms with Crippen LogP contribution in [0.1, 0.15) is 37.5 Å². The Morgan fingerprint density at radius 2 is 2.23 bits per heavy atom. The van der Waals surface area contributed by atoms with Gasteiger partial charge in [0.15, 0.2) is 0 Å². The first-order chi connectivity index (χ1) is 6.26. The molecule has 0 N–H and O–H groups in total. The van der Waals surface area contributed by atoms with E-state index in [0.29, 0.717) is 12.8 Å². The molecule has 0 aliphatic carbocycles. The van der Waals surface area contributed by atoms with Gasteiger partial charge in [-0.3, -0.25) is 4.79 Å². The van der Waals surface area contributed by atoms with Crippen molar-refractivity contribution in [1.29, 1.82) is 0 Å². The summed E-state index contributed by atoms with van der Waals surface area (Å²) in [5.41, 5.74) is 0. The van der Waals surface area contributed by atoms with E-state index in [1.54, 1.807) is 0 Å². The minimum Gasteiger partial charge on any atom is -0.299 e. The molecule has 0 atom stereocenters. The van der Waals surface area contributed by atoms with Crippen LogP contribution in [0, 0.1) is 0 Å². The van der Waals surface area contributed by atoms with Gasteiger partial charge in [0.2, 0.25) is 0 Å².